The van der Waals surface area contributed by atoms with Gasteiger partial charge < -0.3 is 5.11 Å². The average molecular weight is 275 g/mol. The first-order valence-corrected chi connectivity index (χ1v) is 8.59. The van der Waals surface area contributed by atoms with Crippen molar-refractivity contribution in [3.63, 3.8) is 0 Å². The van der Waals surface area contributed by atoms with Crippen LogP contribution in [0, 0.1) is 0 Å². The first kappa shape index (κ1) is 17.1. The third-order valence-corrected chi connectivity index (χ3v) is 3.99. The maximum Gasteiger partial charge on any atom is -0.0376 e. The van der Waals surface area contributed by atoms with E-state index in [1.54, 1.807) is 0 Å². The maximum atomic E-state index is 11.8. The van der Waals surface area contributed by atoms with E-state index in [0.29, 0.717) is 5.76 Å². The van der Waals surface area contributed by atoms with Crippen molar-refractivity contribution in [1.82, 2.24) is 0 Å². The molecule has 0 N–H and O–H groups in total. The van der Waals surface area contributed by atoms with Crippen molar-refractivity contribution in [3.8, 4) is 0 Å². The van der Waals surface area contributed by atoms with Crippen LogP contribution in [0.5, 0.6) is 0 Å². The van der Waals surface area contributed by atoms with Crippen LogP contribution < -0.4 is 5.11 Å². The summed E-state index contributed by atoms with van der Waals surface area (Å²) in [7, 11) is 0. The summed E-state index contributed by atoms with van der Waals surface area (Å²) >= 11 is 0. The van der Waals surface area contributed by atoms with Gasteiger partial charge in [-0.1, -0.05) is 102 Å². The Morgan fingerprint density at radius 2 is 1.20 bits per heavy atom. The highest BCUT2D eigenvalue weighted by Gasteiger charge is 1.96. The number of rotatable bonds is 12. The zero-order valence-corrected chi connectivity index (χ0v) is 13.2. The number of unbranched alkanes of at least 4 members (excludes halogenated alkanes) is 10. The van der Waals surface area contributed by atoms with Crippen molar-refractivity contribution >= 4 is 0 Å². The van der Waals surface area contributed by atoms with Gasteiger partial charge >= 0.3 is 0 Å². The molecule has 0 radical (unpaired) electrons. The summed E-state index contributed by atoms with van der Waals surface area (Å²) in [6.07, 6.45) is 23.1. The van der Waals surface area contributed by atoms with Gasteiger partial charge in [0.05, 0.1) is 0 Å². The zero-order chi connectivity index (χ0) is 14.5. The lowest BCUT2D eigenvalue weighted by Gasteiger charge is -2.13. The van der Waals surface area contributed by atoms with E-state index < -0.39 is 0 Å². The van der Waals surface area contributed by atoms with Crippen LogP contribution in [0.15, 0.2) is 35.6 Å². The van der Waals surface area contributed by atoms with Gasteiger partial charge in [-0.2, -0.15) is 0 Å². The van der Waals surface area contributed by atoms with Gasteiger partial charge in [-0.05, 0) is 12.0 Å². The summed E-state index contributed by atoms with van der Waals surface area (Å²) < 4.78 is 0. The summed E-state index contributed by atoms with van der Waals surface area (Å²) in [6.45, 7) is 2.27. The Balaban J connectivity index is 1.84. The molecule has 114 valence electrons. The molecule has 0 saturated heterocycles. The van der Waals surface area contributed by atoms with E-state index in [2.05, 4.69) is 6.92 Å². The quantitative estimate of drug-likeness (QED) is 0.344. The lowest BCUT2D eigenvalue weighted by Crippen LogP contribution is -2.05. The van der Waals surface area contributed by atoms with Gasteiger partial charge in [-0.3, -0.25) is 0 Å². The molecule has 0 saturated carbocycles. The van der Waals surface area contributed by atoms with Gasteiger partial charge in [0.2, 0.25) is 0 Å². The van der Waals surface area contributed by atoms with E-state index in [-0.39, 0.29) is 0 Å². The van der Waals surface area contributed by atoms with Gasteiger partial charge in [0.15, 0.2) is 0 Å². The van der Waals surface area contributed by atoms with Gasteiger partial charge in [-0.15, -0.1) is 5.76 Å². The molecule has 0 amide bonds. The van der Waals surface area contributed by atoms with Crippen molar-refractivity contribution in [3.05, 3.63) is 35.6 Å². The van der Waals surface area contributed by atoms with Crippen LogP contribution in [0.2, 0.25) is 0 Å². The van der Waals surface area contributed by atoms with Crippen molar-refractivity contribution in [2.45, 2.75) is 84.0 Å². The second kappa shape index (κ2) is 11.8. The molecular formula is C19H31O-. The molecule has 0 aromatic carbocycles. The highest BCUT2D eigenvalue weighted by Crippen LogP contribution is 2.16. The third-order valence-electron chi connectivity index (χ3n) is 3.99. The van der Waals surface area contributed by atoms with Crippen molar-refractivity contribution < 1.29 is 5.11 Å². The third kappa shape index (κ3) is 8.24. The molecule has 1 aliphatic carbocycles. The zero-order valence-electron chi connectivity index (χ0n) is 13.2. The minimum absolute atomic E-state index is 0.311. The van der Waals surface area contributed by atoms with E-state index >= 15 is 0 Å². The van der Waals surface area contributed by atoms with Crippen molar-refractivity contribution in [2.75, 3.05) is 0 Å². The molecule has 0 aromatic rings. The summed E-state index contributed by atoms with van der Waals surface area (Å²) in [5, 5.41) is 11.8. The second-order valence-electron chi connectivity index (χ2n) is 5.88. The fraction of sp³-hybridized carbons (Fsp3) is 0.684. The maximum absolute atomic E-state index is 11.8. The van der Waals surface area contributed by atoms with Crippen LogP contribution in [0.3, 0.4) is 0 Å². The van der Waals surface area contributed by atoms with Crippen LogP contribution in [0.4, 0.5) is 0 Å². The largest absolute Gasteiger partial charge is 0.875 e. The average Bonchev–Trinajstić information content (AvgIpc) is 2.99. The first-order chi connectivity index (χ1) is 9.84. The monoisotopic (exact) mass is 275 g/mol. The number of hydrogen-bond donors (Lipinski definition) is 0. The Morgan fingerprint density at radius 1 is 0.750 bits per heavy atom. The fourth-order valence-corrected chi connectivity index (χ4v) is 2.65. The fourth-order valence-electron chi connectivity index (χ4n) is 2.65. The molecule has 0 fully saturated rings. The molecular weight excluding hydrogens is 244 g/mol. The van der Waals surface area contributed by atoms with Crippen molar-refractivity contribution in [1.29, 1.82) is 0 Å². The van der Waals surface area contributed by atoms with Crippen molar-refractivity contribution in [2.24, 2.45) is 0 Å². The SMILES string of the molecule is CCCCCCCCCCCCCC([O-])=C1C=CC=C1. The van der Waals surface area contributed by atoms with Crippen LogP contribution in [0.1, 0.15) is 84.0 Å². The molecule has 0 bridgehead atoms. The summed E-state index contributed by atoms with van der Waals surface area (Å²) in [4.78, 5) is 0. The van der Waals surface area contributed by atoms with E-state index in [1.165, 1.54) is 64.2 Å². The first-order valence-electron chi connectivity index (χ1n) is 8.59. The Morgan fingerprint density at radius 3 is 1.70 bits per heavy atom. The summed E-state index contributed by atoms with van der Waals surface area (Å²) in [6, 6.07) is 0. The standard InChI is InChI=1S/C19H32O/c1-2-3-4-5-6-7-8-9-10-11-12-17-19(20)18-15-13-14-16-18/h13-16,20H,2-12,17H2,1H3/p-1. The van der Waals surface area contributed by atoms with Gasteiger partial charge in [0, 0.05) is 0 Å². The highest BCUT2D eigenvalue weighted by molar-refractivity contribution is 5.41. The predicted octanol–water partition coefficient (Wildman–Crippen LogP) is 5.43. The molecule has 0 spiro atoms. The second-order valence-corrected chi connectivity index (χ2v) is 5.88. The van der Waals surface area contributed by atoms with Crippen LogP contribution in [-0.2, 0) is 0 Å². The number of hydrogen-bond acceptors (Lipinski definition) is 1. The lowest BCUT2D eigenvalue weighted by molar-refractivity contribution is -0.307. The summed E-state index contributed by atoms with van der Waals surface area (Å²) in [5.74, 6) is 0.311. The Bertz CT molecular complexity index is 309. The van der Waals surface area contributed by atoms with E-state index in [0.717, 1.165) is 18.4 Å². The predicted molar refractivity (Wildman–Crippen MR) is 86.4 cm³/mol. The van der Waals surface area contributed by atoms with E-state index in [4.69, 9.17) is 0 Å². The Hall–Kier alpha value is -0.980. The molecule has 0 atom stereocenters. The lowest BCUT2D eigenvalue weighted by atomic mass is 10.0. The molecule has 1 rings (SSSR count). The Kier molecular flexibility index (Phi) is 10.1. The minimum Gasteiger partial charge on any atom is -0.875 e. The van der Waals surface area contributed by atoms with Crippen LogP contribution in [-0.4, -0.2) is 0 Å². The Labute approximate surface area is 125 Å². The molecule has 0 aliphatic heterocycles. The molecule has 0 heterocycles. The van der Waals surface area contributed by atoms with E-state index in [1.807, 2.05) is 24.3 Å². The molecule has 0 unspecified atom stereocenters. The van der Waals surface area contributed by atoms with Gasteiger partial charge in [0.1, 0.15) is 0 Å². The van der Waals surface area contributed by atoms with Gasteiger partial charge in [-0.25, -0.2) is 0 Å². The van der Waals surface area contributed by atoms with E-state index in [9.17, 15) is 5.11 Å². The molecule has 20 heavy (non-hydrogen) atoms. The number of allylic oxidation sites excluding steroid dienone is 6. The molecule has 1 aliphatic rings. The summed E-state index contributed by atoms with van der Waals surface area (Å²) in [5.41, 5.74) is 0.886. The normalized spacial score (nSPS) is 13.3. The molecule has 0 aromatic heterocycles. The van der Waals surface area contributed by atoms with Crippen LogP contribution in [0.25, 0.3) is 0 Å². The minimum atomic E-state index is 0.311. The van der Waals surface area contributed by atoms with Gasteiger partial charge in [0.25, 0.3) is 0 Å². The smallest absolute Gasteiger partial charge is 0.0376 e. The highest BCUT2D eigenvalue weighted by atomic mass is 16.3. The molecule has 1 heteroatoms. The van der Waals surface area contributed by atoms with Crippen LogP contribution >= 0.6 is 0 Å². The molecule has 1 nitrogen and oxygen atoms in total. The topological polar surface area (TPSA) is 23.1 Å².